The van der Waals surface area contributed by atoms with Gasteiger partial charge in [0.2, 0.25) is 5.91 Å². The Labute approximate surface area is 253 Å². The van der Waals surface area contributed by atoms with Crippen molar-refractivity contribution in [2.75, 3.05) is 23.3 Å². The molecule has 2 aromatic carbocycles. The molecule has 216 valence electrons. The second kappa shape index (κ2) is 8.92. The summed E-state index contributed by atoms with van der Waals surface area (Å²) in [6.45, 7) is -0.647. The molecule has 5 aliphatic rings. The number of alkyl halides is 2. The molecule has 4 fully saturated rings. The number of nitrogens with zero attached hydrogens (tertiary/aromatic N) is 2. The molecule has 1 unspecified atom stereocenters. The number of carbonyl (C=O) groups is 3. The number of hydrogen-bond donors (Lipinski definition) is 2. The largest absolute Gasteiger partial charge is 0.481 e. The molecule has 3 aliphatic heterocycles. The fourth-order valence-corrected chi connectivity index (χ4v) is 8.72. The van der Waals surface area contributed by atoms with Crippen molar-refractivity contribution in [2.45, 2.75) is 43.2 Å². The molecule has 2 spiro atoms. The molecule has 2 saturated heterocycles. The molecule has 0 radical (unpaired) electrons. The molecule has 5 atom stereocenters. The third kappa shape index (κ3) is 4.03. The maximum Gasteiger partial charge on any atom is 0.310 e. The first-order valence-electron chi connectivity index (χ1n) is 13.2. The number of rotatable bonds is 5. The highest BCUT2D eigenvalue weighted by molar-refractivity contribution is 6.38. The van der Waals surface area contributed by atoms with E-state index in [1.807, 2.05) is 0 Å². The number of carboxylic acid groups (broad SMARTS) is 1. The fourth-order valence-electron chi connectivity index (χ4n) is 7.66. The van der Waals surface area contributed by atoms with Gasteiger partial charge in [0, 0.05) is 45.3 Å². The standard InChI is InChI=1S/C28H23Cl4F2N3O4/c29-13-3-14(30)5-16(4-13)36(10-12-8-26(12)1-2-26)23(38)20-19-9-27(33,34)11-37(19)28(21(20)24(39)40)17-6-15(31)7-18(32)22(17)35-25(28)41/h3-7,12,19-21H,1-2,8-11H2,(H,35,41)(H,39,40)/t12?,19-,20+,21-,28+/m1/s1. The van der Waals surface area contributed by atoms with Gasteiger partial charge in [0.15, 0.2) is 0 Å². The van der Waals surface area contributed by atoms with Gasteiger partial charge in [0.1, 0.15) is 11.5 Å². The zero-order chi connectivity index (χ0) is 29.2. The van der Waals surface area contributed by atoms with Crippen LogP contribution in [0.15, 0.2) is 30.3 Å². The van der Waals surface area contributed by atoms with Gasteiger partial charge in [-0.15, -0.1) is 0 Å². The normalized spacial score (nSPS) is 31.7. The average Bonchev–Trinajstić information content (AvgIpc) is 3.69. The SMILES string of the molecule is O=C(O)[C@H]1[C@@H](C(=O)N(CC2CC23CC3)c2cc(Cl)cc(Cl)c2)[C@H]2CC(F)(F)CN2[C@]12C(=O)Nc1c(Cl)cc(Cl)cc12. The highest BCUT2D eigenvalue weighted by atomic mass is 35.5. The van der Waals surface area contributed by atoms with Crippen molar-refractivity contribution >= 4 is 75.6 Å². The Kier molecular flexibility index (Phi) is 6.02. The number of aliphatic carboxylic acids is 1. The van der Waals surface area contributed by atoms with Crippen LogP contribution in [-0.4, -0.2) is 52.8 Å². The highest BCUT2D eigenvalue weighted by Gasteiger charge is 2.75. The molecule has 2 aromatic rings. The molecular formula is C28H23Cl4F2N3O4. The number of carbonyl (C=O) groups excluding carboxylic acids is 2. The van der Waals surface area contributed by atoms with Crippen molar-refractivity contribution in [3.05, 3.63) is 56.0 Å². The molecule has 41 heavy (non-hydrogen) atoms. The van der Waals surface area contributed by atoms with E-state index in [0.717, 1.165) is 19.3 Å². The van der Waals surface area contributed by atoms with Gasteiger partial charge in [0.25, 0.3) is 11.8 Å². The van der Waals surface area contributed by atoms with Gasteiger partial charge < -0.3 is 15.3 Å². The number of fused-ring (bicyclic) bond motifs is 4. The monoisotopic (exact) mass is 643 g/mol. The van der Waals surface area contributed by atoms with Crippen LogP contribution >= 0.6 is 46.4 Å². The Morgan fingerprint density at radius 1 is 1.02 bits per heavy atom. The topological polar surface area (TPSA) is 90.0 Å². The minimum atomic E-state index is -3.27. The molecule has 2 saturated carbocycles. The Balaban J connectivity index is 1.40. The highest BCUT2D eigenvalue weighted by Crippen LogP contribution is 2.71. The van der Waals surface area contributed by atoms with E-state index >= 15 is 8.78 Å². The van der Waals surface area contributed by atoms with E-state index in [1.54, 1.807) is 12.1 Å². The molecule has 13 heteroatoms. The summed E-state index contributed by atoms with van der Waals surface area (Å²) in [7, 11) is 0. The third-order valence-electron chi connectivity index (χ3n) is 9.67. The zero-order valence-electron chi connectivity index (χ0n) is 21.3. The van der Waals surface area contributed by atoms with Crippen LogP contribution in [0.1, 0.15) is 31.2 Å². The third-order valence-corrected chi connectivity index (χ3v) is 10.6. The van der Waals surface area contributed by atoms with E-state index in [9.17, 15) is 19.5 Å². The van der Waals surface area contributed by atoms with E-state index < -0.39 is 60.1 Å². The van der Waals surface area contributed by atoms with Crippen LogP contribution in [-0.2, 0) is 19.9 Å². The van der Waals surface area contributed by atoms with Crippen molar-refractivity contribution in [1.29, 1.82) is 0 Å². The number of carboxylic acids is 1. The van der Waals surface area contributed by atoms with Crippen LogP contribution in [0, 0.1) is 23.2 Å². The maximum atomic E-state index is 15.2. The van der Waals surface area contributed by atoms with Gasteiger partial charge in [-0.3, -0.25) is 19.3 Å². The molecule has 2 N–H and O–H groups in total. The summed E-state index contributed by atoms with van der Waals surface area (Å²) >= 11 is 25.2. The fraction of sp³-hybridized carbons (Fsp3) is 0.464. The summed E-state index contributed by atoms with van der Waals surface area (Å²) in [6.07, 6.45) is 2.22. The molecule has 2 amide bonds. The predicted octanol–water partition coefficient (Wildman–Crippen LogP) is 6.32. The van der Waals surface area contributed by atoms with Crippen LogP contribution in [0.3, 0.4) is 0 Å². The second-order valence-electron chi connectivity index (χ2n) is 12.0. The number of benzene rings is 2. The Hall–Kier alpha value is -2.17. The molecule has 3 heterocycles. The molecule has 2 aliphatic carbocycles. The van der Waals surface area contributed by atoms with E-state index in [4.69, 9.17) is 46.4 Å². The van der Waals surface area contributed by atoms with E-state index in [-0.39, 0.29) is 49.2 Å². The lowest BCUT2D eigenvalue weighted by Crippen LogP contribution is -2.54. The number of amides is 2. The van der Waals surface area contributed by atoms with Crippen molar-refractivity contribution in [2.24, 2.45) is 23.2 Å². The van der Waals surface area contributed by atoms with Crippen molar-refractivity contribution in [1.82, 2.24) is 4.90 Å². The quantitative estimate of drug-likeness (QED) is 0.398. The number of anilines is 2. The molecule has 7 rings (SSSR count). The number of halogens is 6. The van der Waals surface area contributed by atoms with Crippen molar-refractivity contribution in [3.8, 4) is 0 Å². The number of hydrogen-bond acceptors (Lipinski definition) is 4. The van der Waals surface area contributed by atoms with Gasteiger partial charge in [-0.25, -0.2) is 8.78 Å². The summed E-state index contributed by atoms with van der Waals surface area (Å²) < 4.78 is 30.3. The van der Waals surface area contributed by atoms with Crippen LogP contribution < -0.4 is 10.2 Å². The van der Waals surface area contributed by atoms with Crippen LogP contribution in [0.4, 0.5) is 20.2 Å². The summed E-state index contributed by atoms with van der Waals surface area (Å²) in [5.74, 6) is -9.27. The summed E-state index contributed by atoms with van der Waals surface area (Å²) in [5, 5.41) is 14.0. The van der Waals surface area contributed by atoms with Gasteiger partial charge >= 0.3 is 5.97 Å². The predicted molar refractivity (Wildman–Crippen MR) is 150 cm³/mol. The lowest BCUT2D eigenvalue weighted by molar-refractivity contribution is -0.153. The first kappa shape index (κ1) is 27.7. The van der Waals surface area contributed by atoms with Crippen molar-refractivity contribution in [3.63, 3.8) is 0 Å². The summed E-state index contributed by atoms with van der Waals surface area (Å²) in [5.41, 5.74) is -1.44. The van der Waals surface area contributed by atoms with Crippen molar-refractivity contribution < 1.29 is 28.3 Å². The second-order valence-corrected chi connectivity index (χ2v) is 13.7. The summed E-state index contributed by atoms with van der Waals surface area (Å²) in [4.78, 5) is 44.2. The van der Waals surface area contributed by atoms with Crippen LogP contribution in [0.2, 0.25) is 20.1 Å². The lowest BCUT2D eigenvalue weighted by atomic mass is 9.73. The Morgan fingerprint density at radius 2 is 1.68 bits per heavy atom. The van der Waals surface area contributed by atoms with E-state index in [1.165, 1.54) is 28.0 Å². The first-order chi connectivity index (χ1) is 19.3. The van der Waals surface area contributed by atoms with Crippen LogP contribution in [0.5, 0.6) is 0 Å². The smallest absolute Gasteiger partial charge is 0.310 e. The average molecular weight is 645 g/mol. The minimum absolute atomic E-state index is 0.0396. The zero-order valence-corrected chi connectivity index (χ0v) is 24.3. The minimum Gasteiger partial charge on any atom is -0.481 e. The van der Waals surface area contributed by atoms with Gasteiger partial charge in [-0.05, 0) is 60.9 Å². The number of nitrogens with one attached hydrogen (secondary N) is 1. The molecule has 7 nitrogen and oxygen atoms in total. The van der Waals surface area contributed by atoms with Gasteiger partial charge in [0.05, 0.1) is 23.2 Å². The maximum absolute atomic E-state index is 15.2. The lowest BCUT2D eigenvalue weighted by Gasteiger charge is -2.36. The Bertz CT molecular complexity index is 1530. The molecule has 0 aromatic heterocycles. The van der Waals surface area contributed by atoms with Gasteiger partial charge in [-0.2, -0.15) is 0 Å². The Morgan fingerprint density at radius 3 is 2.29 bits per heavy atom. The summed E-state index contributed by atoms with van der Waals surface area (Å²) in [6, 6.07) is 6.09. The first-order valence-corrected chi connectivity index (χ1v) is 14.7. The van der Waals surface area contributed by atoms with Crippen LogP contribution in [0.25, 0.3) is 0 Å². The van der Waals surface area contributed by atoms with E-state index in [0.29, 0.717) is 5.69 Å². The van der Waals surface area contributed by atoms with Gasteiger partial charge in [-0.1, -0.05) is 46.4 Å². The molecule has 0 bridgehead atoms. The molecular weight excluding hydrogens is 622 g/mol. The van der Waals surface area contributed by atoms with E-state index in [2.05, 4.69) is 5.32 Å².